The van der Waals surface area contributed by atoms with Crippen molar-refractivity contribution in [2.75, 3.05) is 36.0 Å². The maximum atomic E-state index is 14.4. The minimum atomic E-state index is -0.493. The molecule has 38 heavy (non-hydrogen) atoms. The van der Waals surface area contributed by atoms with Gasteiger partial charge in [0, 0.05) is 55.2 Å². The number of pyridine rings is 2. The quantitative estimate of drug-likeness (QED) is 0.507. The minimum absolute atomic E-state index is 0.150. The molecule has 2 aliphatic heterocycles. The summed E-state index contributed by atoms with van der Waals surface area (Å²) in [4.78, 5) is 23.8. The molecule has 0 spiro atoms. The number of nitrogens with two attached hydrogens (primary N) is 1. The SMILES string of the molecule is C[C@@H]1CN(c2ccccn2)CC1C#N.N/C=C\NCC1CN(c2ccc(-c3cccnc3)c(F)c2)C(=O)O1. The minimum Gasteiger partial charge on any atom is -0.442 e. The van der Waals surface area contributed by atoms with Crippen LogP contribution in [0.1, 0.15) is 6.92 Å². The Balaban J connectivity index is 0.000000204. The zero-order valence-electron chi connectivity index (χ0n) is 21.1. The summed E-state index contributed by atoms with van der Waals surface area (Å²) in [5.74, 6) is 1.16. The Labute approximate surface area is 221 Å². The summed E-state index contributed by atoms with van der Waals surface area (Å²) < 4.78 is 19.7. The third-order valence-electron chi connectivity index (χ3n) is 6.42. The molecule has 3 aromatic rings. The molecule has 3 atom stereocenters. The van der Waals surface area contributed by atoms with Crippen LogP contribution in [0.5, 0.6) is 0 Å². The molecule has 10 heteroatoms. The lowest BCUT2D eigenvalue weighted by molar-refractivity contribution is 0.142. The molecule has 1 amide bonds. The largest absolute Gasteiger partial charge is 0.442 e. The fraction of sp³-hybridized carbons (Fsp3) is 0.286. The lowest BCUT2D eigenvalue weighted by Crippen LogP contribution is -2.28. The van der Waals surface area contributed by atoms with Crippen molar-refractivity contribution < 1.29 is 13.9 Å². The van der Waals surface area contributed by atoms with E-state index in [2.05, 4.69) is 33.2 Å². The Morgan fingerprint density at radius 2 is 2.08 bits per heavy atom. The average molecular weight is 516 g/mol. The van der Waals surface area contributed by atoms with Crippen LogP contribution in [0, 0.1) is 29.0 Å². The van der Waals surface area contributed by atoms with E-state index in [9.17, 15) is 9.18 Å². The van der Waals surface area contributed by atoms with Gasteiger partial charge in [-0.1, -0.05) is 19.1 Å². The molecule has 2 aromatic heterocycles. The molecule has 1 aromatic carbocycles. The number of ether oxygens (including phenoxy) is 1. The number of rotatable bonds is 6. The van der Waals surface area contributed by atoms with Gasteiger partial charge in [-0.15, -0.1) is 0 Å². The van der Waals surface area contributed by atoms with Gasteiger partial charge in [-0.25, -0.2) is 14.2 Å². The molecule has 9 nitrogen and oxygen atoms in total. The Hall–Kier alpha value is -4.65. The van der Waals surface area contributed by atoms with Crippen LogP contribution in [-0.2, 0) is 4.74 Å². The number of amides is 1. The third kappa shape index (κ3) is 6.37. The summed E-state index contributed by atoms with van der Waals surface area (Å²) in [6.07, 6.45) is 7.13. The number of halogens is 1. The Bertz CT molecular complexity index is 1280. The molecule has 4 heterocycles. The van der Waals surface area contributed by atoms with Crippen molar-refractivity contribution in [3.05, 3.63) is 85.3 Å². The lowest BCUT2D eigenvalue weighted by atomic mass is 10.0. The maximum absolute atomic E-state index is 14.4. The molecule has 5 rings (SSSR count). The van der Waals surface area contributed by atoms with Gasteiger partial charge in [0.05, 0.1) is 30.8 Å². The number of nitriles is 1. The van der Waals surface area contributed by atoms with E-state index >= 15 is 0 Å². The van der Waals surface area contributed by atoms with Gasteiger partial charge < -0.3 is 20.7 Å². The van der Waals surface area contributed by atoms with E-state index in [0.29, 0.717) is 35.8 Å². The van der Waals surface area contributed by atoms with E-state index in [1.165, 1.54) is 17.2 Å². The molecular formula is C28H30FN7O2. The van der Waals surface area contributed by atoms with Gasteiger partial charge in [0.2, 0.25) is 0 Å². The molecule has 0 bridgehead atoms. The normalized spacial score (nSPS) is 20.6. The number of carbonyl (C=O) groups is 1. The van der Waals surface area contributed by atoms with Crippen LogP contribution in [0.25, 0.3) is 11.1 Å². The number of hydrogen-bond donors (Lipinski definition) is 2. The molecule has 0 aliphatic carbocycles. The first-order chi connectivity index (χ1) is 18.5. The van der Waals surface area contributed by atoms with Crippen molar-refractivity contribution in [3.63, 3.8) is 0 Å². The molecule has 196 valence electrons. The number of nitrogens with zero attached hydrogens (tertiary/aromatic N) is 5. The summed E-state index contributed by atoms with van der Waals surface area (Å²) >= 11 is 0. The van der Waals surface area contributed by atoms with Gasteiger partial charge >= 0.3 is 6.09 Å². The van der Waals surface area contributed by atoms with E-state index in [4.69, 9.17) is 15.7 Å². The number of anilines is 2. The second-order valence-corrected chi connectivity index (χ2v) is 9.10. The van der Waals surface area contributed by atoms with E-state index < -0.39 is 11.9 Å². The topological polar surface area (TPSA) is 120 Å². The number of carbonyl (C=O) groups excluding carboxylic acids is 1. The van der Waals surface area contributed by atoms with Crippen LogP contribution >= 0.6 is 0 Å². The van der Waals surface area contributed by atoms with Crippen molar-refractivity contribution in [2.24, 2.45) is 17.6 Å². The molecular weight excluding hydrogens is 485 g/mol. The summed E-state index contributed by atoms with van der Waals surface area (Å²) in [5, 5.41) is 11.8. The Kier molecular flexibility index (Phi) is 8.72. The number of aromatic nitrogens is 2. The highest BCUT2D eigenvalue weighted by Crippen LogP contribution is 2.29. The first-order valence-electron chi connectivity index (χ1n) is 12.3. The number of benzene rings is 1. The monoisotopic (exact) mass is 515 g/mol. The van der Waals surface area contributed by atoms with Crippen molar-refractivity contribution in [1.82, 2.24) is 15.3 Å². The zero-order valence-corrected chi connectivity index (χ0v) is 21.1. The predicted octanol–water partition coefficient (Wildman–Crippen LogP) is 3.91. The van der Waals surface area contributed by atoms with Crippen molar-refractivity contribution >= 4 is 17.6 Å². The summed E-state index contributed by atoms with van der Waals surface area (Å²) in [5.41, 5.74) is 6.81. The highest BCUT2D eigenvalue weighted by Gasteiger charge is 2.32. The second kappa shape index (κ2) is 12.5. The van der Waals surface area contributed by atoms with Gasteiger partial charge in [0.1, 0.15) is 17.7 Å². The summed E-state index contributed by atoms with van der Waals surface area (Å²) in [7, 11) is 0. The summed E-state index contributed by atoms with van der Waals surface area (Å²) in [6, 6.07) is 16.4. The van der Waals surface area contributed by atoms with Crippen molar-refractivity contribution in [3.8, 4) is 17.2 Å². The van der Waals surface area contributed by atoms with Gasteiger partial charge in [0.15, 0.2) is 0 Å². The molecule has 2 saturated heterocycles. The fourth-order valence-corrected chi connectivity index (χ4v) is 4.40. The third-order valence-corrected chi connectivity index (χ3v) is 6.42. The van der Waals surface area contributed by atoms with E-state index in [1.807, 2.05) is 18.2 Å². The lowest BCUT2D eigenvalue weighted by Gasteiger charge is -2.15. The zero-order chi connectivity index (χ0) is 26.9. The fourth-order valence-electron chi connectivity index (χ4n) is 4.40. The highest BCUT2D eigenvalue weighted by molar-refractivity contribution is 5.90. The van der Waals surface area contributed by atoms with Crippen LogP contribution in [0.3, 0.4) is 0 Å². The van der Waals surface area contributed by atoms with Gasteiger partial charge in [-0.05, 0) is 42.3 Å². The summed E-state index contributed by atoms with van der Waals surface area (Å²) in [6.45, 7) is 4.66. The van der Waals surface area contributed by atoms with Crippen LogP contribution in [0.15, 0.2) is 79.5 Å². The molecule has 0 radical (unpaired) electrons. The molecule has 0 saturated carbocycles. The molecule has 3 N–H and O–H groups in total. The van der Waals surface area contributed by atoms with Crippen molar-refractivity contribution in [2.45, 2.75) is 13.0 Å². The highest BCUT2D eigenvalue weighted by atomic mass is 19.1. The van der Waals surface area contributed by atoms with Crippen LogP contribution in [0.2, 0.25) is 0 Å². The maximum Gasteiger partial charge on any atom is 0.414 e. The van der Waals surface area contributed by atoms with Gasteiger partial charge in [-0.2, -0.15) is 5.26 Å². The Morgan fingerprint density at radius 1 is 1.21 bits per heavy atom. The van der Waals surface area contributed by atoms with Gasteiger partial charge in [0.25, 0.3) is 0 Å². The smallest absolute Gasteiger partial charge is 0.414 e. The molecule has 2 fully saturated rings. The predicted molar refractivity (Wildman–Crippen MR) is 143 cm³/mol. The number of nitrogens with one attached hydrogen (secondary N) is 1. The first kappa shape index (κ1) is 26.4. The van der Waals surface area contributed by atoms with Gasteiger partial charge in [-0.3, -0.25) is 9.88 Å². The Morgan fingerprint density at radius 3 is 2.74 bits per heavy atom. The van der Waals surface area contributed by atoms with Crippen LogP contribution in [-0.4, -0.2) is 48.3 Å². The van der Waals surface area contributed by atoms with E-state index in [-0.39, 0.29) is 12.0 Å². The van der Waals surface area contributed by atoms with E-state index in [1.54, 1.807) is 49.1 Å². The van der Waals surface area contributed by atoms with Crippen LogP contribution in [0.4, 0.5) is 20.7 Å². The second-order valence-electron chi connectivity index (χ2n) is 9.10. The average Bonchev–Trinajstić information content (AvgIpc) is 3.51. The molecule has 2 unspecified atom stereocenters. The number of hydrogen-bond acceptors (Lipinski definition) is 8. The number of cyclic esters (lactones) is 1. The van der Waals surface area contributed by atoms with Crippen LogP contribution < -0.4 is 20.9 Å². The van der Waals surface area contributed by atoms with E-state index in [0.717, 1.165) is 18.9 Å². The van der Waals surface area contributed by atoms with Crippen molar-refractivity contribution in [1.29, 1.82) is 5.26 Å². The standard InChI is InChI=1S/C17H17FN4O2.C11H13N3/c18-16-8-13(3-4-15(16)12-2-1-6-20-9-12)22-11-14(24-17(22)23)10-21-7-5-19;1-9-7-14(8-10(9)6-12)11-4-2-3-5-13-11/h1-9,14,21H,10-11,19H2;2-5,9-10H,7-8H2,1H3/b7-5-;/t;9-,10?/m.1/s1. The first-order valence-corrected chi connectivity index (χ1v) is 12.3. The molecule has 2 aliphatic rings.